The number of anilines is 1. The van der Waals surface area contributed by atoms with Crippen molar-refractivity contribution in [2.24, 2.45) is 0 Å². The summed E-state index contributed by atoms with van der Waals surface area (Å²) in [6, 6.07) is 13.0. The molecule has 26 heavy (non-hydrogen) atoms. The third-order valence-corrected chi connectivity index (χ3v) is 5.07. The second-order valence-electron chi connectivity index (χ2n) is 6.27. The van der Waals surface area contributed by atoms with Crippen molar-refractivity contribution in [1.82, 2.24) is 10.2 Å². The number of aryl methyl sites for hydroxylation is 1. The number of rotatable bonds is 4. The molecule has 0 bridgehead atoms. The van der Waals surface area contributed by atoms with Crippen molar-refractivity contribution >= 4 is 45.0 Å². The lowest BCUT2D eigenvalue weighted by atomic mass is 10.0. The summed E-state index contributed by atoms with van der Waals surface area (Å²) in [5.41, 5.74) is 2.71. The molecule has 0 saturated carbocycles. The Morgan fingerprint density at radius 2 is 2.04 bits per heavy atom. The number of halogens is 2. The predicted molar refractivity (Wildman–Crippen MR) is 106 cm³/mol. The molecule has 1 fully saturated rings. The highest BCUT2D eigenvalue weighted by Gasteiger charge is 2.27. The second kappa shape index (κ2) is 8.20. The number of carbonyl (C=O) groups is 2. The van der Waals surface area contributed by atoms with Crippen molar-refractivity contribution < 1.29 is 9.59 Å². The molecule has 1 unspecified atom stereocenters. The molecule has 5 nitrogen and oxygen atoms in total. The third-order valence-electron chi connectivity index (χ3n) is 4.33. The van der Waals surface area contributed by atoms with E-state index in [1.807, 2.05) is 49.4 Å². The van der Waals surface area contributed by atoms with Crippen LogP contribution in [0, 0.1) is 6.92 Å². The van der Waals surface area contributed by atoms with Crippen molar-refractivity contribution in [3.63, 3.8) is 0 Å². The average molecular weight is 437 g/mol. The van der Waals surface area contributed by atoms with Gasteiger partial charge < -0.3 is 10.2 Å². The molecule has 0 spiro atoms. The van der Waals surface area contributed by atoms with Crippen LogP contribution < -0.4 is 10.6 Å². The van der Waals surface area contributed by atoms with E-state index in [2.05, 4.69) is 26.6 Å². The zero-order chi connectivity index (χ0) is 18.7. The highest BCUT2D eigenvalue weighted by atomic mass is 79.9. The zero-order valence-electron chi connectivity index (χ0n) is 14.3. The molecule has 1 aliphatic rings. The molecule has 2 N–H and O–H groups in total. The van der Waals surface area contributed by atoms with E-state index in [1.165, 1.54) is 4.90 Å². The summed E-state index contributed by atoms with van der Waals surface area (Å²) >= 11 is 9.30. The van der Waals surface area contributed by atoms with Crippen LogP contribution in [0.15, 0.2) is 46.9 Å². The number of hydrogen-bond donors (Lipinski definition) is 2. The first kappa shape index (κ1) is 18.9. The van der Waals surface area contributed by atoms with E-state index in [9.17, 15) is 9.59 Å². The van der Waals surface area contributed by atoms with E-state index in [1.54, 1.807) is 0 Å². The van der Waals surface area contributed by atoms with Gasteiger partial charge in [-0.1, -0.05) is 39.7 Å². The Morgan fingerprint density at radius 3 is 2.69 bits per heavy atom. The molecule has 3 rings (SSSR count). The Morgan fingerprint density at radius 1 is 1.31 bits per heavy atom. The van der Waals surface area contributed by atoms with Crippen LogP contribution in [0.2, 0.25) is 5.02 Å². The van der Waals surface area contributed by atoms with Gasteiger partial charge >= 0.3 is 0 Å². The molecular weight excluding hydrogens is 418 g/mol. The minimum atomic E-state index is -0.212. The normalized spacial score (nSPS) is 17.3. The SMILES string of the molecule is Cc1cc(Br)ccc1NC(=O)CN1CNC(c2ccc(Cl)cc2)CC1=O. The van der Waals surface area contributed by atoms with Gasteiger partial charge in [-0.3, -0.25) is 14.9 Å². The summed E-state index contributed by atoms with van der Waals surface area (Å²) in [6.07, 6.45) is 0.312. The van der Waals surface area contributed by atoms with Gasteiger partial charge in [0.1, 0.15) is 6.54 Å². The van der Waals surface area contributed by atoms with Crippen LogP contribution in [0.25, 0.3) is 0 Å². The van der Waals surface area contributed by atoms with Crippen LogP contribution in [0.5, 0.6) is 0 Å². The summed E-state index contributed by atoms with van der Waals surface area (Å²) in [7, 11) is 0. The summed E-state index contributed by atoms with van der Waals surface area (Å²) < 4.78 is 0.955. The first-order valence-corrected chi connectivity index (χ1v) is 9.42. The van der Waals surface area contributed by atoms with E-state index in [0.717, 1.165) is 21.3 Å². The molecule has 1 heterocycles. The van der Waals surface area contributed by atoms with Gasteiger partial charge in [-0.2, -0.15) is 0 Å². The van der Waals surface area contributed by atoms with Gasteiger partial charge in [-0.25, -0.2) is 0 Å². The van der Waals surface area contributed by atoms with E-state index < -0.39 is 0 Å². The maximum atomic E-state index is 12.4. The molecule has 1 atom stereocenters. The van der Waals surface area contributed by atoms with E-state index in [4.69, 9.17) is 11.6 Å². The lowest BCUT2D eigenvalue weighted by Gasteiger charge is -2.32. The minimum Gasteiger partial charge on any atom is -0.324 e. The fraction of sp³-hybridized carbons (Fsp3) is 0.263. The summed E-state index contributed by atoms with van der Waals surface area (Å²) in [5.74, 6) is -0.262. The lowest BCUT2D eigenvalue weighted by Crippen LogP contribution is -2.49. The van der Waals surface area contributed by atoms with Crippen molar-refractivity contribution in [1.29, 1.82) is 0 Å². The molecule has 0 radical (unpaired) electrons. The van der Waals surface area contributed by atoms with E-state index in [0.29, 0.717) is 18.1 Å². The van der Waals surface area contributed by atoms with Gasteiger partial charge in [-0.05, 0) is 48.4 Å². The second-order valence-corrected chi connectivity index (χ2v) is 7.62. The molecule has 2 amide bonds. The Bertz CT molecular complexity index is 826. The number of nitrogens with zero attached hydrogens (tertiary/aromatic N) is 1. The minimum absolute atomic E-state index is 0.0225. The third kappa shape index (κ3) is 4.63. The maximum Gasteiger partial charge on any atom is 0.244 e. The van der Waals surface area contributed by atoms with Gasteiger partial charge in [0.15, 0.2) is 0 Å². The fourth-order valence-corrected chi connectivity index (χ4v) is 3.49. The van der Waals surface area contributed by atoms with E-state index in [-0.39, 0.29) is 24.4 Å². The number of amides is 2. The number of nitrogens with one attached hydrogen (secondary N) is 2. The van der Waals surface area contributed by atoms with Crippen LogP contribution in [-0.2, 0) is 9.59 Å². The van der Waals surface area contributed by atoms with E-state index >= 15 is 0 Å². The molecule has 136 valence electrons. The van der Waals surface area contributed by atoms with Gasteiger partial charge in [0, 0.05) is 27.6 Å². The first-order valence-electron chi connectivity index (χ1n) is 8.25. The molecule has 0 aliphatic carbocycles. The largest absolute Gasteiger partial charge is 0.324 e. The molecule has 2 aromatic carbocycles. The molecule has 1 saturated heterocycles. The average Bonchev–Trinajstić information content (AvgIpc) is 2.60. The van der Waals surface area contributed by atoms with Crippen LogP contribution in [0.4, 0.5) is 5.69 Å². The number of carbonyl (C=O) groups excluding carboxylic acids is 2. The van der Waals surface area contributed by atoms with Crippen LogP contribution >= 0.6 is 27.5 Å². The van der Waals surface area contributed by atoms with Crippen molar-refractivity contribution in [2.45, 2.75) is 19.4 Å². The molecule has 2 aromatic rings. The van der Waals surface area contributed by atoms with Crippen molar-refractivity contribution in [3.8, 4) is 0 Å². The van der Waals surface area contributed by atoms with Crippen LogP contribution in [0.1, 0.15) is 23.6 Å². The molecule has 7 heteroatoms. The van der Waals surface area contributed by atoms with Crippen molar-refractivity contribution in [3.05, 3.63) is 63.1 Å². The van der Waals surface area contributed by atoms with Crippen LogP contribution in [-0.4, -0.2) is 29.9 Å². The van der Waals surface area contributed by atoms with Gasteiger partial charge in [-0.15, -0.1) is 0 Å². The topological polar surface area (TPSA) is 61.4 Å². The standard InChI is InChI=1S/C19H19BrClN3O2/c1-12-8-14(20)4-7-16(12)23-18(25)10-24-11-22-17(9-19(24)26)13-2-5-15(21)6-3-13/h2-8,17,22H,9-11H2,1H3,(H,23,25). The smallest absolute Gasteiger partial charge is 0.244 e. The summed E-state index contributed by atoms with van der Waals surface area (Å²) in [6.45, 7) is 2.28. The molecule has 0 aromatic heterocycles. The van der Waals surface area contributed by atoms with Gasteiger partial charge in [0.2, 0.25) is 11.8 Å². The van der Waals surface area contributed by atoms with Gasteiger partial charge in [0.25, 0.3) is 0 Å². The summed E-state index contributed by atoms with van der Waals surface area (Å²) in [5, 5.41) is 6.82. The number of benzene rings is 2. The zero-order valence-corrected chi connectivity index (χ0v) is 16.6. The first-order chi connectivity index (χ1) is 12.4. The Hall–Kier alpha value is -1.89. The molecule has 1 aliphatic heterocycles. The lowest BCUT2D eigenvalue weighted by molar-refractivity contribution is -0.138. The predicted octanol–water partition coefficient (Wildman–Crippen LogP) is 3.87. The summed E-state index contributed by atoms with van der Waals surface area (Å²) in [4.78, 5) is 26.2. The van der Waals surface area contributed by atoms with Crippen molar-refractivity contribution in [2.75, 3.05) is 18.5 Å². The van der Waals surface area contributed by atoms with Gasteiger partial charge in [0.05, 0.1) is 6.67 Å². The Balaban J connectivity index is 1.57. The monoisotopic (exact) mass is 435 g/mol. The Labute approximate surface area is 165 Å². The molecular formula is C19H19BrClN3O2. The number of hydrogen-bond acceptors (Lipinski definition) is 3. The Kier molecular flexibility index (Phi) is 5.96. The highest BCUT2D eigenvalue weighted by molar-refractivity contribution is 9.10. The maximum absolute atomic E-state index is 12.4. The fourth-order valence-electron chi connectivity index (χ4n) is 2.89. The quantitative estimate of drug-likeness (QED) is 0.765. The highest BCUT2D eigenvalue weighted by Crippen LogP contribution is 2.23. The van der Waals surface area contributed by atoms with Crippen LogP contribution in [0.3, 0.4) is 0 Å².